The van der Waals surface area contributed by atoms with Gasteiger partial charge in [0.2, 0.25) is 11.8 Å². The monoisotopic (exact) mass is 473 g/mol. The van der Waals surface area contributed by atoms with Crippen LogP contribution in [0.15, 0.2) is 41.1 Å². The highest BCUT2D eigenvalue weighted by Gasteiger charge is 2.37. The number of morpholine rings is 1. The molecule has 2 aliphatic heterocycles. The number of aromatic nitrogens is 3. The number of anilines is 3. The first-order valence-electron chi connectivity index (χ1n) is 13.5. The van der Waals surface area contributed by atoms with Crippen molar-refractivity contribution in [3.05, 3.63) is 36.7 Å². The first kappa shape index (κ1) is 17.7. The second-order valence-electron chi connectivity index (χ2n) is 9.52. The van der Waals surface area contributed by atoms with Gasteiger partial charge in [0.25, 0.3) is 0 Å². The Balaban J connectivity index is 1.30. The van der Waals surface area contributed by atoms with Crippen LogP contribution in [-0.2, 0) is 9.53 Å². The minimum absolute atomic E-state index is 0.0186. The first-order chi connectivity index (χ1) is 18.3. The number of hydrogen-bond acceptors (Lipinski definition) is 8. The molecule has 2 bridgehead atoms. The molecule has 1 saturated carbocycles. The van der Waals surface area contributed by atoms with Crippen LogP contribution in [0.1, 0.15) is 29.8 Å². The minimum Gasteiger partial charge on any atom is -0.436 e. The number of fused-ring (bicyclic) bond motifs is 4. The predicted octanol–water partition coefficient (Wildman–Crippen LogP) is 4.20. The third-order valence-electron chi connectivity index (χ3n) is 7.23. The molecule has 9 nitrogen and oxygen atoms in total. The summed E-state index contributed by atoms with van der Waals surface area (Å²) in [5, 5.41) is 6.43. The van der Waals surface area contributed by atoms with Crippen molar-refractivity contribution in [2.45, 2.75) is 37.8 Å². The van der Waals surface area contributed by atoms with Gasteiger partial charge in [-0.25, -0.2) is 15.0 Å². The summed E-state index contributed by atoms with van der Waals surface area (Å²) in [7, 11) is 0. The lowest BCUT2D eigenvalue weighted by Gasteiger charge is -2.36. The lowest BCUT2D eigenvalue weighted by Crippen LogP contribution is -2.45. The van der Waals surface area contributed by atoms with Gasteiger partial charge in [0.1, 0.15) is 17.2 Å². The number of pyridine rings is 2. The maximum atomic E-state index is 12.4. The van der Waals surface area contributed by atoms with Gasteiger partial charge in [0.15, 0.2) is 5.58 Å². The molecule has 3 aliphatic rings. The van der Waals surface area contributed by atoms with E-state index in [4.69, 9.17) is 18.3 Å². The number of nitrogens with one attached hydrogen (secondary N) is 2. The zero-order valence-electron chi connectivity index (χ0n) is 22.0. The van der Waals surface area contributed by atoms with Crippen molar-refractivity contribution in [3.8, 4) is 11.5 Å². The zero-order valence-corrected chi connectivity index (χ0v) is 19.0. The summed E-state index contributed by atoms with van der Waals surface area (Å²) < 4.78 is 34.8. The summed E-state index contributed by atoms with van der Waals surface area (Å²) in [5.74, 6) is 0.844. The molecule has 4 aromatic rings. The second kappa shape index (κ2) is 7.91. The molecule has 5 heterocycles. The molecule has 1 amide bonds. The molecule has 1 aromatic carbocycles. The summed E-state index contributed by atoms with van der Waals surface area (Å²) in [6.45, 7) is -0.964. The molecule has 3 aromatic heterocycles. The predicted molar refractivity (Wildman–Crippen MR) is 134 cm³/mol. The molecule has 9 heteroatoms. The fourth-order valence-corrected chi connectivity index (χ4v) is 5.29. The molecule has 2 N–H and O–H groups in total. The van der Waals surface area contributed by atoms with Crippen molar-refractivity contribution < 1.29 is 18.1 Å². The van der Waals surface area contributed by atoms with E-state index in [0.717, 1.165) is 50.1 Å². The first-order valence-corrected chi connectivity index (χ1v) is 12.0. The average Bonchev–Trinajstić information content (AvgIpc) is 3.60. The number of ether oxygens (including phenoxy) is 1. The van der Waals surface area contributed by atoms with Crippen LogP contribution < -0.4 is 15.5 Å². The van der Waals surface area contributed by atoms with E-state index in [1.54, 1.807) is 6.07 Å². The number of carbonyl (C=O) groups is 1. The fourth-order valence-electron chi connectivity index (χ4n) is 5.29. The van der Waals surface area contributed by atoms with Gasteiger partial charge in [0, 0.05) is 45.9 Å². The standard InChI is InChI=1S/C26H26N6O3/c1-27-24-19-10-28-23(31-25(33)14-2-3-14)9-18(19)20(11-29-24)26-30-21-8-15(6-7-22(21)35-26)32-16-4-5-17(32)13-34-12-16/h6-11,14,16-17H,2-5,12-13H2,1H3,(H,27,29)(H,28,31,33)/i1D3. The summed E-state index contributed by atoms with van der Waals surface area (Å²) in [6.07, 6.45) is 7.04. The molecule has 3 fully saturated rings. The van der Waals surface area contributed by atoms with Gasteiger partial charge in [-0.3, -0.25) is 4.79 Å². The number of hydrogen-bond donors (Lipinski definition) is 2. The summed E-state index contributed by atoms with van der Waals surface area (Å²) in [4.78, 5) is 28.3. The van der Waals surface area contributed by atoms with E-state index in [1.807, 2.05) is 12.1 Å². The summed E-state index contributed by atoms with van der Waals surface area (Å²) in [6, 6.07) is 8.49. The van der Waals surface area contributed by atoms with E-state index in [1.165, 1.54) is 12.4 Å². The molecule has 7 rings (SSSR count). The molecule has 2 atom stereocenters. The van der Waals surface area contributed by atoms with Crippen LogP contribution in [0.25, 0.3) is 33.3 Å². The number of carbonyl (C=O) groups excluding carboxylic acids is 1. The number of rotatable bonds is 5. The normalized spacial score (nSPS) is 23.2. The van der Waals surface area contributed by atoms with E-state index in [2.05, 4.69) is 31.6 Å². The molecular weight excluding hydrogens is 444 g/mol. The van der Waals surface area contributed by atoms with Crippen LogP contribution in [-0.4, -0.2) is 53.1 Å². The topological polar surface area (TPSA) is 105 Å². The molecule has 2 saturated heterocycles. The maximum Gasteiger partial charge on any atom is 0.229 e. The minimum atomic E-state index is -2.44. The van der Waals surface area contributed by atoms with Crippen molar-refractivity contribution in [3.63, 3.8) is 0 Å². The fraction of sp³-hybridized carbons (Fsp3) is 0.385. The highest BCUT2D eigenvalue weighted by atomic mass is 16.5. The van der Waals surface area contributed by atoms with Crippen LogP contribution in [0, 0.1) is 5.92 Å². The van der Waals surface area contributed by atoms with Crippen molar-refractivity contribution in [1.82, 2.24) is 15.0 Å². The van der Waals surface area contributed by atoms with Crippen molar-refractivity contribution >= 4 is 45.1 Å². The highest BCUT2D eigenvalue weighted by molar-refractivity contribution is 6.03. The zero-order chi connectivity index (χ0) is 26.0. The van der Waals surface area contributed by atoms with Gasteiger partial charge in [-0.05, 0) is 49.9 Å². The van der Waals surface area contributed by atoms with Crippen LogP contribution >= 0.6 is 0 Å². The number of nitrogens with zero attached hydrogens (tertiary/aromatic N) is 4. The Morgan fingerprint density at radius 2 is 1.94 bits per heavy atom. The van der Waals surface area contributed by atoms with Gasteiger partial charge < -0.3 is 24.7 Å². The maximum absolute atomic E-state index is 12.4. The SMILES string of the molecule is [2H]C([2H])([2H])Nc1ncc(-c2nc3cc(N4C5CCC4COC5)ccc3o2)c2cc(NC(=O)C3CC3)ncc12. The van der Waals surface area contributed by atoms with E-state index >= 15 is 0 Å². The highest BCUT2D eigenvalue weighted by Crippen LogP contribution is 2.38. The van der Waals surface area contributed by atoms with Gasteiger partial charge in [-0.1, -0.05) is 0 Å². The van der Waals surface area contributed by atoms with Crippen LogP contribution in [0.2, 0.25) is 0 Å². The Morgan fingerprint density at radius 3 is 2.74 bits per heavy atom. The quantitative estimate of drug-likeness (QED) is 0.444. The van der Waals surface area contributed by atoms with Crippen LogP contribution in [0.3, 0.4) is 0 Å². The Hall–Kier alpha value is -3.72. The lowest BCUT2D eigenvalue weighted by molar-refractivity contribution is -0.117. The molecular formula is C26H26N6O3. The Labute approximate surface area is 206 Å². The van der Waals surface area contributed by atoms with E-state index in [9.17, 15) is 4.79 Å². The Morgan fingerprint density at radius 1 is 1.09 bits per heavy atom. The summed E-state index contributed by atoms with van der Waals surface area (Å²) >= 11 is 0. The molecule has 35 heavy (non-hydrogen) atoms. The average molecular weight is 474 g/mol. The van der Waals surface area contributed by atoms with Gasteiger partial charge in [-0.15, -0.1) is 0 Å². The smallest absolute Gasteiger partial charge is 0.229 e. The largest absolute Gasteiger partial charge is 0.436 e. The van der Waals surface area contributed by atoms with Gasteiger partial charge in [0.05, 0.1) is 30.9 Å². The van der Waals surface area contributed by atoms with Crippen LogP contribution in [0.4, 0.5) is 17.3 Å². The van der Waals surface area contributed by atoms with E-state index in [-0.39, 0.29) is 17.6 Å². The molecule has 0 radical (unpaired) electrons. The third kappa shape index (κ3) is 3.49. The van der Waals surface area contributed by atoms with Crippen molar-refractivity contribution in [2.24, 2.45) is 5.92 Å². The van der Waals surface area contributed by atoms with Crippen molar-refractivity contribution in [2.75, 3.05) is 35.7 Å². The summed E-state index contributed by atoms with van der Waals surface area (Å²) in [5.41, 5.74) is 3.03. The van der Waals surface area contributed by atoms with E-state index < -0.39 is 6.98 Å². The number of amides is 1. The molecule has 2 unspecified atom stereocenters. The molecule has 178 valence electrons. The van der Waals surface area contributed by atoms with Crippen LogP contribution in [0.5, 0.6) is 0 Å². The van der Waals surface area contributed by atoms with Gasteiger partial charge >= 0.3 is 0 Å². The Bertz CT molecular complexity index is 1550. The number of oxazole rings is 1. The van der Waals surface area contributed by atoms with Crippen molar-refractivity contribution in [1.29, 1.82) is 0 Å². The lowest BCUT2D eigenvalue weighted by atomic mass is 10.1. The van der Waals surface area contributed by atoms with Gasteiger partial charge in [-0.2, -0.15) is 0 Å². The Kier molecular flexibility index (Phi) is 4.00. The van der Waals surface area contributed by atoms with E-state index in [0.29, 0.717) is 45.7 Å². The number of benzene rings is 1. The second-order valence-corrected chi connectivity index (χ2v) is 9.52. The molecule has 0 spiro atoms. The molecule has 1 aliphatic carbocycles. The third-order valence-corrected chi connectivity index (χ3v) is 7.23.